The van der Waals surface area contributed by atoms with Crippen LogP contribution in [0.4, 0.5) is 0 Å². The molecule has 136 valence electrons. The average molecular weight is 369 g/mol. The second kappa shape index (κ2) is 8.45. The number of benzene rings is 2. The lowest BCUT2D eigenvalue weighted by Gasteiger charge is -2.25. The lowest BCUT2D eigenvalue weighted by Crippen LogP contribution is -2.35. The van der Waals surface area contributed by atoms with Gasteiger partial charge >= 0.3 is 0 Å². The molecule has 1 fully saturated rings. The topological polar surface area (TPSA) is 73.2 Å². The molecule has 1 saturated heterocycles. The fourth-order valence-corrected chi connectivity index (χ4v) is 4.60. The van der Waals surface area contributed by atoms with E-state index >= 15 is 0 Å². The van der Waals surface area contributed by atoms with Gasteiger partial charge in [-0.1, -0.05) is 30.7 Å². The predicted octanol–water partition coefficient (Wildman–Crippen LogP) is 3.02. The van der Waals surface area contributed by atoms with Crippen molar-refractivity contribution in [3.05, 3.63) is 65.2 Å². The van der Waals surface area contributed by atoms with E-state index in [-0.39, 0.29) is 0 Å². The van der Waals surface area contributed by atoms with Gasteiger partial charge in [-0.3, -0.25) is 0 Å². The minimum Gasteiger partial charge on any atom is -0.309 e. The number of piperidine rings is 1. The first-order chi connectivity index (χ1) is 12.6. The molecule has 6 heteroatoms. The van der Waals surface area contributed by atoms with Crippen LogP contribution >= 0.6 is 0 Å². The molecule has 1 N–H and O–H groups in total. The van der Waals surface area contributed by atoms with Gasteiger partial charge in [0.05, 0.1) is 16.5 Å². The summed E-state index contributed by atoms with van der Waals surface area (Å²) >= 11 is 0. The molecule has 3 rings (SSSR count). The van der Waals surface area contributed by atoms with Crippen LogP contribution in [0.5, 0.6) is 0 Å². The fraction of sp³-hybridized carbons (Fsp3) is 0.350. The first-order valence-electron chi connectivity index (χ1n) is 8.88. The standard InChI is InChI=1S/C20H23N3O2S/c21-14-17-4-6-18(7-5-17)15-22-16-19-8-10-20(11-9-19)26(24,25)23-12-2-1-3-13-23/h4-11,22H,1-3,12-13,15-16H2. The molecular weight excluding hydrogens is 346 g/mol. The molecule has 2 aromatic carbocycles. The molecule has 5 nitrogen and oxygen atoms in total. The SMILES string of the molecule is N#Cc1ccc(CNCc2ccc(S(=O)(=O)N3CCCCC3)cc2)cc1. The average Bonchev–Trinajstić information content (AvgIpc) is 2.69. The van der Waals surface area contributed by atoms with Crippen molar-refractivity contribution in [1.82, 2.24) is 9.62 Å². The molecule has 26 heavy (non-hydrogen) atoms. The van der Waals surface area contributed by atoms with Crippen LogP contribution < -0.4 is 5.32 Å². The van der Waals surface area contributed by atoms with Crippen molar-refractivity contribution < 1.29 is 8.42 Å². The molecule has 1 aliphatic rings. The minimum atomic E-state index is -3.36. The van der Waals surface area contributed by atoms with Crippen molar-refractivity contribution in [3.8, 4) is 6.07 Å². The minimum absolute atomic E-state index is 0.371. The molecule has 0 unspecified atom stereocenters. The van der Waals surface area contributed by atoms with Gasteiger partial charge in [0.2, 0.25) is 10.0 Å². The van der Waals surface area contributed by atoms with Gasteiger partial charge in [-0.15, -0.1) is 0 Å². The number of hydrogen-bond donors (Lipinski definition) is 1. The van der Waals surface area contributed by atoms with Gasteiger partial charge < -0.3 is 5.32 Å². The zero-order valence-electron chi connectivity index (χ0n) is 14.7. The summed E-state index contributed by atoms with van der Waals surface area (Å²) in [6, 6.07) is 16.7. The van der Waals surface area contributed by atoms with E-state index in [2.05, 4.69) is 11.4 Å². The molecule has 0 aliphatic carbocycles. The number of nitriles is 1. The first kappa shape index (κ1) is 18.6. The Morgan fingerprint density at radius 1 is 0.885 bits per heavy atom. The van der Waals surface area contributed by atoms with Gasteiger partial charge in [-0.2, -0.15) is 9.57 Å². The third-order valence-corrected chi connectivity index (χ3v) is 6.53. The summed E-state index contributed by atoms with van der Waals surface area (Å²) in [5, 5.41) is 12.1. The number of hydrogen-bond acceptors (Lipinski definition) is 4. The summed E-state index contributed by atoms with van der Waals surface area (Å²) in [6.07, 6.45) is 2.99. The summed E-state index contributed by atoms with van der Waals surface area (Å²) in [7, 11) is -3.36. The van der Waals surface area contributed by atoms with Gasteiger partial charge in [-0.05, 0) is 48.2 Å². The van der Waals surface area contributed by atoms with Crippen LogP contribution in [0.15, 0.2) is 53.4 Å². The number of nitrogens with zero attached hydrogens (tertiary/aromatic N) is 2. The van der Waals surface area contributed by atoms with E-state index in [1.807, 2.05) is 24.3 Å². The maximum Gasteiger partial charge on any atom is 0.243 e. The largest absolute Gasteiger partial charge is 0.309 e. The maximum atomic E-state index is 12.6. The Morgan fingerprint density at radius 3 is 1.96 bits per heavy atom. The van der Waals surface area contributed by atoms with E-state index in [1.54, 1.807) is 28.6 Å². The van der Waals surface area contributed by atoms with E-state index in [1.165, 1.54) is 0 Å². The Balaban J connectivity index is 1.56. The summed E-state index contributed by atoms with van der Waals surface area (Å²) in [6.45, 7) is 2.59. The zero-order valence-corrected chi connectivity index (χ0v) is 15.5. The molecule has 0 aromatic heterocycles. The highest BCUT2D eigenvalue weighted by atomic mass is 32.2. The summed E-state index contributed by atoms with van der Waals surface area (Å²) in [4.78, 5) is 0.371. The molecule has 0 bridgehead atoms. The van der Waals surface area contributed by atoms with Crippen LogP contribution in [0.1, 0.15) is 36.0 Å². The molecule has 1 aliphatic heterocycles. The quantitative estimate of drug-likeness (QED) is 0.849. The van der Waals surface area contributed by atoms with Crippen molar-refractivity contribution in [2.75, 3.05) is 13.1 Å². The first-order valence-corrected chi connectivity index (χ1v) is 10.3. The molecule has 0 atom stereocenters. The lowest BCUT2D eigenvalue weighted by atomic mass is 10.1. The van der Waals surface area contributed by atoms with Crippen LogP contribution in [-0.4, -0.2) is 25.8 Å². The van der Waals surface area contributed by atoms with Crippen LogP contribution in [-0.2, 0) is 23.1 Å². The Morgan fingerprint density at radius 2 is 1.42 bits per heavy atom. The van der Waals surface area contributed by atoms with Crippen molar-refractivity contribution in [3.63, 3.8) is 0 Å². The van der Waals surface area contributed by atoms with E-state index in [0.29, 0.717) is 36.6 Å². The van der Waals surface area contributed by atoms with Crippen molar-refractivity contribution in [1.29, 1.82) is 5.26 Å². The number of rotatable bonds is 6. The van der Waals surface area contributed by atoms with Crippen LogP contribution in [0.3, 0.4) is 0 Å². The normalized spacial score (nSPS) is 15.5. The van der Waals surface area contributed by atoms with Gasteiger partial charge in [-0.25, -0.2) is 8.42 Å². The van der Waals surface area contributed by atoms with E-state index < -0.39 is 10.0 Å². The molecule has 0 saturated carbocycles. The Hall–Kier alpha value is -2.20. The molecular formula is C20H23N3O2S. The molecule has 0 amide bonds. The summed E-state index contributed by atoms with van der Waals surface area (Å²) in [5.74, 6) is 0. The lowest BCUT2D eigenvalue weighted by molar-refractivity contribution is 0.346. The number of sulfonamides is 1. The van der Waals surface area contributed by atoms with Crippen molar-refractivity contribution in [2.45, 2.75) is 37.2 Å². The zero-order chi connectivity index (χ0) is 18.4. The summed E-state index contributed by atoms with van der Waals surface area (Å²) < 4.78 is 26.9. The number of nitrogens with one attached hydrogen (secondary N) is 1. The van der Waals surface area contributed by atoms with Gasteiger partial charge in [0.25, 0.3) is 0 Å². The highest BCUT2D eigenvalue weighted by Gasteiger charge is 2.25. The smallest absolute Gasteiger partial charge is 0.243 e. The third-order valence-electron chi connectivity index (χ3n) is 4.62. The second-order valence-corrected chi connectivity index (χ2v) is 8.46. The van der Waals surface area contributed by atoms with Crippen LogP contribution in [0.2, 0.25) is 0 Å². The van der Waals surface area contributed by atoms with Crippen LogP contribution in [0.25, 0.3) is 0 Å². The predicted molar refractivity (Wildman–Crippen MR) is 101 cm³/mol. The third kappa shape index (κ3) is 4.50. The molecule has 2 aromatic rings. The summed E-state index contributed by atoms with van der Waals surface area (Å²) in [5.41, 5.74) is 2.80. The monoisotopic (exact) mass is 369 g/mol. The van der Waals surface area contributed by atoms with Gasteiger partial charge in [0, 0.05) is 26.2 Å². The van der Waals surface area contributed by atoms with E-state index in [4.69, 9.17) is 5.26 Å². The Labute approximate surface area is 155 Å². The van der Waals surface area contributed by atoms with Gasteiger partial charge in [0.15, 0.2) is 0 Å². The van der Waals surface area contributed by atoms with Crippen molar-refractivity contribution in [2.24, 2.45) is 0 Å². The highest BCUT2D eigenvalue weighted by molar-refractivity contribution is 7.89. The fourth-order valence-electron chi connectivity index (χ4n) is 3.08. The van der Waals surface area contributed by atoms with Gasteiger partial charge in [0.1, 0.15) is 0 Å². The van der Waals surface area contributed by atoms with Crippen molar-refractivity contribution >= 4 is 10.0 Å². The molecule has 0 radical (unpaired) electrons. The molecule has 1 heterocycles. The second-order valence-electron chi connectivity index (χ2n) is 6.52. The highest BCUT2D eigenvalue weighted by Crippen LogP contribution is 2.20. The Kier molecular flexibility index (Phi) is 6.04. The molecule has 0 spiro atoms. The Bertz CT molecular complexity index is 863. The maximum absolute atomic E-state index is 12.6. The van der Waals surface area contributed by atoms with Crippen LogP contribution in [0, 0.1) is 11.3 Å². The van der Waals surface area contributed by atoms with E-state index in [9.17, 15) is 8.42 Å². The van der Waals surface area contributed by atoms with E-state index in [0.717, 1.165) is 30.4 Å².